The monoisotopic (exact) mass is 214 g/mol. The highest BCUT2D eigenvalue weighted by atomic mass is 32.2. The van der Waals surface area contributed by atoms with Gasteiger partial charge >= 0.3 is 0 Å². The molecule has 1 aromatic rings. The van der Waals surface area contributed by atoms with Crippen molar-refractivity contribution in [2.75, 3.05) is 17.2 Å². The second-order valence-corrected chi connectivity index (χ2v) is 3.86. The molecule has 0 bridgehead atoms. The minimum absolute atomic E-state index is 0.341. The summed E-state index contributed by atoms with van der Waals surface area (Å²) in [6, 6.07) is 1.50. The van der Waals surface area contributed by atoms with Gasteiger partial charge in [-0.1, -0.05) is 18.7 Å². The van der Waals surface area contributed by atoms with Gasteiger partial charge in [-0.15, -0.1) is 0 Å². The van der Waals surface area contributed by atoms with Gasteiger partial charge in [-0.3, -0.25) is 0 Å². The van der Waals surface area contributed by atoms with E-state index in [0.29, 0.717) is 29.0 Å². The van der Waals surface area contributed by atoms with Crippen LogP contribution in [0.3, 0.4) is 0 Å². The second kappa shape index (κ2) is 5.02. The SMILES string of the molecule is CCC(O)CSc1nc(N)cc(N)n1. The van der Waals surface area contributed by atoms with Gasteiger partial charge in [-0.2, -0.15) is 0 Å². The van der Waals surface area contributed by atoms with E-state index < -0.39 is 0 Å². The van der Waals surface area contributed by atoms with Crippen molar-refractivity contribution in [2.24, 2.45) is 0 Å². The molecule has 5 nitrogen and oxygen atoms in total. The Labute approximate surface area is 86.9 Å². The standard InChI is InChI=1S/C8H14N4OS/c1-2-5(13)4-14-8-11-6(9)3-7(10)12-8/h3,5,13H,2,4H2,1H3,(H4,9,10,11,12). The van der Waals surface area contributed by atoms with Crippen molar-refractivity contribution in [2.45, 2.75) is 24.6 Å². The minimum atomic E-state index is -0.341. The van der Waals surface area contributed by atoms with E-state index in [9.17, 15) is 5.11 Å². The molecule has 0 spiro atoms. The van der Waals surface area contributed by atoms with Crippen LogP contribution in [0.4, 0.5) is 11.6 Å². The van der Waals surface area contributed by atoms with E-state index in [-0.39, 0.29) is 6.10 Å². The van der Waals surface area contributed by atoms with Crippen LogP contribution in [-0.2, 0) is 0 Å². The Balaban J connectivity index is 2.58. The summed E-state index contributed by atoms with van der Waals surface area (Å²) >= 11 is 1.35. The molecular formula is C8H14N4OS. The zero-order valence-corrected chi connectivity index (χ0v) is 8.79. The van der Waals surface area contributed by atoms with E-state index >= 15 is 0 Å². The molecule has 0 aliphatic carbocycles. The summed E-state index contributed by atoms with van der Waals surface area (Å²) < 4.78 is 0. The van der Waals surface area contributed by atoms with Gasteiger partial charge in [-0.25, -0.2) is 9.97 Å². The van der Waals surface area contributed by atoms with Crippen molar-refractivity contribution in [1.82, 2.24) is 9.97 Å². The average Bonchev–Trinajstić information content (AvgIpc) is 2.12. The molecule has 0 fully saturated rings. The van der Waals surface area contributed by atoms with Gasteiger partial charge in [0.25, 0.3) is 0 Å². The fourth-order valence-electron chi connectivity index (χ4n) is 0.815. The van der Waals surface area contributed by atoms with Gasteiger partial charge in [0.05, 0.1) is 6.10 Å². The van der Waals surface area contributed by atoms with E-state index in [0.717, 1.165) is 0 Å². The Bertz CT molecular complexity index is 287. The summed E-state index contributed by atoms with van der Waals surface area (Å²) in [6.45, 7) is 1.92. The largest absolute Gasteiger partial charge is 0.392 e. The molecule has 78 valence electrons. The van der Waals surface area contributed by atoms with Crippen LogP contribution in [0.5, 0.6) is 0 Å². The highest BCUT2D eigenvalue weighted by molar-refractivity contribution is 7.99. The third-order valence-electron chi connectivity index (χ3n) is 1.62. The first-order chi connectivity index (χ1) is 6.61. The first kappa shape index (κ1) is 11.1. The zero-order chi connectivity index (χ0) is 10.6. The number of hydrogen-bond acceptors (Lipinski definition) is 6. The maximum Gasteiger partial charge on any atom is 0.191 e. The van der Waals surface area contributed by atoms with E-state index in [1.807, 2.05) is 6.92 Å². The summed E-state index contributed by atoms with van der Waals surface area (Å²) in [4.78, 5) is 7.96. The maximum absolute atomic E-state index is 9.32. The van der Waals surface area contributed by atoms with Crippen LogP contribution in [0, 0.1) is 0 Å². The van der Waals surface area contributed by atoms with Gasteiger partial charge in [0.1, 0.15) is 11.6 Å². The number of nitrogens with zero attached hydrogens (tertiary/aromatic N) is 2. The lowest BCUT2D eigenvalue weighted by molar-refractivity contribution is 0.195. The van der Waals surface area contributed by atoms with Crippen molar-refractivity contribution in [3.63, 3.8) is 0 Å². The molecule has 0 aliphatic rings. The summed E-state index contributed by atoms with van der Waals surface area (Å²) in [5, 5.41) is 9.83. The highest BCUT2D eigenvalue weighted by Crippen LogP contribution is 2.17. The topological polar surface area (TPSA) is 98.0 Å². The molecule has 0 aromatic carbocycles. The summed E-state index contributed by atoms with van der Waals surface area (Å²) in [5.41, 5.74) is 11.0. The molecule has 6 heteroatoms. The lowest BCUT2D eigenvalue weighted by Crippen LogP contribution is -2.08. The summed E-state index contributed by atoms with van der Waals surface area (Å²) in [7, 11) is 0. The maximum atomic E-state index is 9.32. The molecule has 0 saturated heterocycles. The average molecular weight is 214 g/mol. The van der Waals surface area contributed by atoms with Gasteiger partial charge in [-0.05, 0) is 6.42 Å². The fourth-order valence-corrected chi connectivity index (χ4v) is 1.73. The minimum Gasteiger partial charge on any atom is -0.392 e. The van der Waals surface area contributed by atoms with Crippen LogP contribution in [0.2, 0.25) is 0 Å². The molecule has 0 amide bonds. The van der Waals surface area contributed by atoms with E-state index in [1.165, 1.54) is 17.8 Å². The lowest BCUT2D eigenvalue weighted by Gasteiger charge is -2.06. The van der Waals surface area contributed by atoms with Gasteiger partial charge in [0.15, 0.2) is 5.16 Å². The fraction of sp³-hybridized carbons (Fsp3) is 0.500. The van der Waals surface area contributed by atoms with Crippen molar-refractivity contribution in [1.29, 1.82) is 0 Å². The molecule has 1 heterocycles. The Morgan fingerprint density at radius 3 is 2.50 bits per heavy atom. The Morgan fingerprint density at radius 2 is 2.00 bits per heavy atom. The van der Waals surface area contributed by atoms with E-state index in [1.54, 1.807) is 0 Å². The Hall–Kier alpha value is -1.01. The third kappa shape index (κ3) is 3.39. The first-order valence-electron chi connectivity index (χ1n) is 4.32. The third-order valence-corrected chi connectivity index (χ3v) is 2.61. The van der Waals surface area contributed by atoms with Gasteiger partial charge < -0.3 is 16.6 Å². The van der Waals surface area contributed by atoms with Gasteiger partial charge in [0, 0.05) is 11.8 Å². The lowest BCUT2D eigenvalue weighted by atomic mass is 10.3. The Kier molecular flexibility index (Phi) is 3.97. The van der Waals surface area contributed by atoms with Crippen LogP contribution in [0.15, 0.2) is 11.2 Å². The van der Waals surface area contributed by atoms with Crippen LogP contribution < -0.4 is 11.5 Å². The normalized spacial score (nSPS) is 12.7. The number of hydrogen-bond donors (Lipinski definition) is 3. The molecule has 5 N–H and O–H groups in total. The number of aliphatic hydroxyl groups is 1. The van der Waals surface area contributed by atoms with Crippen molar-refractivity contribution < 1.29 is 5.11 Å². The second-order valence-electron chi connectivity index (χ2n) is 2.87. The van der Waals surface area contributed by atoms with Crippen molar-refractivity contribution in [3.8, 4) is 0 Å². The Morgan fingerprint density at radius 1 is 1.43 bits per heavy atom. The number of nitrogen functional groups attached to an aromatic ring is 2. The number of aliphatic hydroxyl groups excluding tert-OH is 1. The van der Waals surface area contributed by atoms with Crippen molar-refractivity contribution in [3.05, 3.63) is 6.07 Å². The zero-order valence-electron chi connectivity index (χ0n) is 7.97. The van der Waals surface area contributed by atoms with Crippen LogP contribution in [0.1, 0.15) is 13.3 Å². The molecule has 0 aliphatic heterocycles. The first-order valence-corrected chi connectivity index (χ1v) is 5.31. The van der Waals surface area contributed by atoms with Gasteiger partial charge in [0.2, 0.25) is 0 Å². The molecule has 1 unspecified atom stereocenters. The number of nitrogens with two attached hydrogens (primary N) is 2. The molecular weight excluding hydrogens is 200 g/mol. The molecule has 0 saturated carbocycles. The van der Waals surface area contributed by atoms with E-state index in [4.69, 9.17) is 11.5 Å². The summed E-state index contributed by atoms with van der Waals surface area (Å²) in [6.07, 6.45) is 0.372. The molecule has 14 heavy (non-hydrogen) atoms. The molecule has 0 radical (unpaired) electrons. The van der Waals surface area contributed by atoms with Crippen molar-refractivity contribution >= 4 is 23.4 Å². The smallest absolute Gasteiger partial charge is 0.191 e. The quantitative estimate of drug-likeness (QED) is 0.499. The van der Waals surface area contributed by atoms with Crippen LogP contribution >= 0.6 is 11.8 Å². The predicted octanol–water partition coefficient (Wildman–Crippen LogP) is 0.504. The number of thioether (sulfide) groups is 1. The number of aromatic nitrogens is 2. The predicted molar refractivity (Wildman–Crippen MR) is 57.9 cm³/mol. The number of rotatable bonds is 4. The van der Waals surface area contributed by atoms with Crippen LogP contribution in [-0.4, -0.2) is 26.9 Å². The number of anilines is 2. The summed E-state index contributed by atoms with van der Waals surface area (Å²) in [5.74, 6) is 1.26. The van der Waals surface area contributed by atoms with Crippen LogP contribution in [0.25, 0.3) is 0 Å². The van der Waals surface area contributed by atoms with E-state index in [2.05, 4.69) is 9.97 Å². The molecule has 1 rings (SSSR count). The molecule has 1 aromatic heterocycles. The molecule has 1 atom stereocenters. The highest BCUT2D eigenvalue weighted by Gasteiger charge is 2.05.